The van der Waals surface area contributed by atoms with Gasteiger partial charge in [-0.15, -0.1) is 0 Å². The molecule has 0 radical (unpaired) electrons. The smallest absolute Gasteiger partial charge is 0.266 e. The predicted octanol–water partition coefficient (Wildman–Crippen LogP) is 3.96. The maximum atomic E-state index is 13.5. The van der Waals surface area contributed by atoms with E-state index in [1.54, 1.807) is 27.8 Å². The fourth-order valence-electron chi connectivity index (χ4n) is 2.83. The summed E-state index contributed by atoms with van der Waals surface area (Å²) in [7, 11) is 1.83. The summed E-state index contributed by atoms with van der Waals surface area (Å²) >= 11 is 0. The third-order valence-corrected chi connectivity index (χ3v) is 4.14. The average Bonchev–Trinajstić information content (AvgIpc) is 3.21. The quantitative estimate of drug-likeness (QED) is 0.556. The van der Waals surface area contributed by atoms with Crippen molar-refractivity contribution in [1.29, 1.82) is 0 Å². The Morgan fingerprint density at radius 2 is 1.92 bits per heavy atom. The molecular formula is C18H14F3N5. The monoisotopic (exact) mass is 357 g/mol. The molecule has 0 saturated heterocycles. The third-order valence-electron chi connectivity index (χ3n) is 4.14. The molecule has 3 aromatic heterocycles. The molecule has 26 heavy (non-hydrogen) atoms. The van der Waals surface area contributed by atoms with Crippen molar-refractivity contribution < 1.29 is 13.2 Å². The van der Waals surface area contributed by atoms with Crippen molar-refractivity contribution in [3.8, 4) is 11.1 Å². The minimum atomic E-state index is -2.87. The first-order valence-electron chi connectivity index (χ1n) is 7.89. The number of pyridine rings is 1. The Kier molecular flexibility index (Phi) is 3.95. The van der Waals surface area contributed by atoms with E-state index >= 15 is 0 Å². The van der Waals surface area contributed by atoms with Crippen molar-refractivity contribution in [1.82, 2.24) is 24.5 Å². The lowest BCUT2D eigenvalue weighted by molar-refractivity contribution is 0.146. The first-order chi connectivity index (χ1) is 12.5. The number of rotatable bonds is 4. The zero-order valence-electron chi connectivity index (χ0n) is 13.8. The summed E-state index contributed by atoms with van der Waals surface area (Å²) in [6.45, 7) is 0.459. The molecule has 0 amide bonds. The summed E-state index contributed by atoms with van der Waals surface area (Å²) in [5.74, 6) is -0.919. The van der Waals surface area contributed by atoms with Crippen LogP contribution < -0.4 is 0 Å². The number of aryl methyl sites for hydroxylation is 1. The van der Waals surface area contributed by atoms with Crippen LogP contribution in [-0.2, 0) is 13.6 Å². The van der Waals surface area contributed by atoms with Crippen molar-refractivity contribution in [3.05, 3.63) is 66.0 Å². The largest absolute Gasteiger partial charge is 0.275 e. The summed E-state index contributed by atoms with van der Waals surface area (Å²) < 4.78 is 42.9. The molecule has 0 saturated carbocycles. The van der Waals surface area contributed by atoms with Crippen LogP contribution in [0, 0.1) is 5.82 Å². The fourth-order valence-corrected chi connectivity index (χ4v) is 2.83. The van der Waals surface area contributed by atoms with Gasteiger partial charge in [-0.05, 0) is 29.8 Å². The van der Waals surface area contributed by atoms with E-state index in [1.807, 2.05) is 19.3 Å². The highest BCUT2D eigenvalue weighted by Crippen LogP contribution is 2.29. The van der Waals surface area contributed by atoms with Crippen LogP contribution in [0.4, 0.5) is 13.2 Å². The molecule has 4 rings (SSSR count). The van der Waals surface area contributed by atoms with E-state index in [0.29, 0.717) is 23.2 Å². The van der Waals surface area contributed by atoms with Crippen molar-refractivity contribution in [2.45, 2.75) is 13.0 Å². The van der Waals surface area contributed by atoms with E-state index in [0.717, 1.165) is 23.3 Å². The van der Waals surface area contributed by atoms with Crippen LogP contribution >= 0.6 is 0 Å². The van der Waals surface area contributed by atoms with Gasteiger partial charge in [0.1, 0.15) is 11.3 Å². The number of alkyl halides is 2. The van der Waals surface area contributed by atoms with Crippen molar-refractivity contribution in [2.24, 2.45) is 7.05 Å². The van der Waals surface area contributed by atoms with Gasteiger partial charge >= 0.3 is 0 Å². The zero-order valence-corrected chi connectivity index (χ0v) is 13.8. The predicted molar refractivity (Wildman–Crippen MR) is 90.2 cm³/mol. The van der Waals surface area contributed by atoms with Gasteiger partial charge in [0, 0.05) is 25.0 Å². The van der Waals surface area contributed by atoms with Crippen LogP contribution in [0.3, 0.4) is 0 Å². The molecule has 0 N–H and O–H groups in total. The van der Waals surface area contributed by atoms with E-state index < -0.39 is 17.8 Å². The van der Waals surface area contributed by atoms with Gasteiger partial charge in [0.2, 0.25) is 0 Å². The zero-order chi connectivity index (χ0) is 18.3. The van der Waals surface area contributed by atoms with Gasteiger partial charge in [0.05, 0.1) is 29.5 Å². The summed E-state index contributed by atoms with van der Waals surface area (Å²) in [5, 5.41) is 8.64. The molecule has 3 heterocycles. The Balaban J connectivity index is 1.75. The van der Waals surface area contributed by atoms with E-state index in [1.165, 1.54) is 6.07 Å². The number of fused-ring (bicyclic) bond motifs is 1. The normalized spacial score (nSPS) is 11.6. The second-order valence-corrected chi connectivity index (χ2v) is 5.95. The molecular weight excluding hydrogens is 343 g/mol. The molecule has 0 atom stereocenters. The first kappa shape index (κ1) is 16.3. The van der Waals surface area contributed by atoms with Crippen LogP contribution in [0.1, 0.15) is 17.7 Å². The van der Waals surface area contributed by atoms with Crippen molar-refractivity contribution in [3.63, 3.8) is 0 Å². The molecule has 0 aliphatic carbocycles. The second-order valence-electron chi connectivity index (χ2n) is 5.95. The number of halogens is 3. The lowest BCUT2D eigenvalue weighted by Gasteiger charge is -2.07. The Bertz CT molecular complexity index is 1080. The number of hydrogen-bond acceptors (Lipinski definition) is 3. The molecule has 0 unspecified atom stereocenters. The SMILES string of the molecule is Cn1ccc(Cn2ncc3ncc(-c4ccc(F)c(C(F)F)c4)cc32)n1. The number of aromatic nitrogens is 5. The van der Waals surface area contributed by atoms with Gasteiger partial charge in [-0.1, -0.05) is 6.07 Å². The molecule has 5 nitrogen and oxygen atoms in total. The summed E-state index contributed by atoms with van der Waals surface area (Å²) in [6, 6.07) is 7.36. The lowest BCUT2D eigenvalue weighted by Crippen LogP contribution is -2.03. The molecule has 0 bridgehead atoms. The van der Waals surface area contributed by atoms with E-state index in [-0.39, 0.29) is 0 Å². The van der Waals surface area contributed by atoms with Crippen LogP contribution in [0.25, 0.3) is 22.2 Å². The molecule has 4 aromatic rings. The highest BCUT2D eigenvalue weighted by atomic mass is 19.3. The minimum absolute atomic E-state index is 0.459. The third kappa shape index (κ3) is 2.94. The highest BCUT2D eigenvalue weighted by Gasteiger charge is 2.15. The molecule has 0 aliphatic heterocycles. The van der Waals surface area contributed by atoms with Gasteiger partial charge < -0.3 is 0 Å². The summed E-state index contributed by atoms with van der Waals surface area (Å²) in [6.07, 6.45) is 2.17. The molecule has 132 valence electrons. The highest BCUT2D eigenvalue weighted by molar-refractivity contribution is 5.80. The second kappa shape index (κ2) is 6.29. The number of nitrogens with zero attached hydrogens (tertiary/aromatic N) is 5. The number of hydrogen-bond donors (Lipinski definition) is 0. The van der Waals surface area contributed by atoms with Gasteiger partial charge in [-0.2, -0.15) is 10.2 Å². The lowest BCUT2D eigenvalue weighted by atomic mass is 10.0. The molecule has 0 aliphatic rings. The Morgan fingerprint density at radius 3 is 2.65 bits per heavy atom. The van der Waals surface area contributed by atoms with Crippen LogP contribution in [0.2, 0.25) is 0 Å². The average molecular weight is 357 g/mol. The van der Waals surface area contributed by atoms with Crippen LogP contribution in [0.5, 0.6) is 0 Å². The number of benzene rings is 1. The first-order valence-corrected chi connectivity index (χ1v) is 7.89. The fraction of sp³-hybridized carbons (Fsp3) is 0.167. The minimum Gasteiger partial charge on any atom is -0.275 e. The van der Waals surface area contributed by atoms with Crippen molar-refractivity contribution >= 4 is 11.0 Å². The van der Waals surface area contributed by atoms with Gasteiger partial charge in [0.25, 0.3) is 6.43 Å². The Hall–Kier alpha value is -3.16. The van der Waals surface area contributed by atoms with Gasteiger partial charge in [-0.25, -0.2) is 13.2 Å². The molecule has 0 spiro atoms. The van der Waals surface area contributed by atoms with Crippen molar-refractivity contribution in [2.75, 3.05) is 0 Å². The molecule has 1 aromatic carbocycles. The maximum Gasteiger partial charge on any atom is 0.266 e. The van der Waals surface area contributed by atoms with Crippen LogP contribution in [0.15, 0.2) is 48.9 Å². The van der Waals surface area contributed by atoms with E-state index in [2.05, 4.69) is 15.2 Å². The van der Waals surface area contributed by atoms with Crippen LogP contribution in [-0.4, -0.2) is 24.5 Å². The van der Waals surface area contributed by atoms with Gasteiger partial charge in [0.15, 0.2) is 0 Å². The summed E-state index contributed by atoms with van der Waals surface area (Å²) in [5.41, 5.74) is 2.73. The Morgan fingerprint density at radius 1 is 1.08 bits per heavy atom. The molecule has 0 fully saturated rings. The summed E-state index contributed by atoms with van der Waals surface area (Å²) in [4.78, 5) is 4.33. The Labute approximate surface area is 146 Å². The van der Waals surface area contributed by atoms with E-state index in [9.17, 15) is 13.2 Å². The van der Waals surface area contributed by atoms with E-state index in [4.69, 9.17) is 0 Å². The van der Waals surface area contributed by atoms with Gasteiger partial charge in [-0.3, -0.25) is 14.3 Å². The topological polar surface area (TPSA) is 48.5 Å². The standard InChI is InChI=1S/C18H14F3N5/c1-25-5-4-13(24-25)10-26-17-7-12(8-22-16(17)9-23-26)11-2-3-15(19)14(6-11)18(20)21/h2-9,18H,10H2,1H3. The molecule has 8 heteroatoms. The maximum absolute atomic E-state index is 13.5.